The fraction of sp³-hybridized carbons (Fsp3) is 0.190. The van der Waals surface area contributed by atoms with E-state index in [4.69, 9.17) is 0 Å². The van der Waals surface area contributed by atoms with Crippen molar-refractivity contribution in [1.82, 2.24) is 4.98 Å². The molecule has 0 spiro atoms. The minimum atomic E-state index is -0.379. The Morgan fingerprint density at radius 2 is 1.68 bits per heavy atom. The molecule has 4 nitrogen and oxygen atoms in total. The van der Waals surface area contributed by atoms with E-state index in [1.807, 2.05) is 12.2 Å². The molecule has 126 valence electrons. The summed E-state index contributed by atoms with van der Waals surface area (Å²) >= 11 is 0. The summed E-state index contributed by atoms with van der Waals surface area (Å²) in [6, 6.07) is 16.9. The van der Waals surface area contributed by atoms with Crippen LogP contribution >= 0.6 is 0 Å². The van der Waals surface area contributed by atoms with Crippen molar-refractivity contribution in [3.05, 3.63) is 81.5 Å². The molecule has 0 bridgehead atoms. The zero-order valence-corrected chi connectivity index (χ0v) is 14.6. The maximum Gasteiger partial charge on any atom is 0.278 e. The van der Waals surface area contributed by atoms with E-state index in [9.17, 15) is 10.1 Å². The molecule has 0 saturated heterocycles. The third kappa shape index (κ3) is 3.74. The van der Waals surface area contributed by atoms with Crippen LogP contribution in [0, 0.1) is 10.1 Å². The molecule has 0 amide bonds. The standard InChI is InChI=1S/C21H20N2O2/c1-21(2,3)16-10-7-15(8-11-16)9-12-17-13-14-18-19(22-17)5-4-6-20(18)23(24)25/h4-14H,1-3H3. The summed E-state index contributed by atoms with van der Waals surface area (Å²) in [6.45, 7) is 6.57. The first-order valence-corrected chi connectivity index (χ1v) is 8.17. The molecule has 0 saturated carbocycles. The van der Waals surface area contributed by atoms with E-state index in [1.54, 1.807) is 24.3 Å². The molecule has 1 aromatic heterocycles. The monoisotopic (exact) mass is 332 g/mol. The Morgan fingerprint density at radius 3 is 2.32 bits per heavy atom. The van der Waals surface area contributed by atoms with Gasteiger partial charge in [0.15, 0.2) is 0 Å². The van der Waals surface area contributed by atoms with Gasteiger partial charge in [-0.2, -0.15) is 0 Å². The second-order valence-corrected chi connectivity index (χ2v) is 7.04. The highest BCUT2D eigenvalue weighted by Gasteiger charge is 2.13. The first kappa shape index (κ1) is 16.8. The van der Waals surface area contributed by atoms with E-state index in [0.29, 0.717) is 10.9 Å². The molecule has 0 fully saturated rings. The predicted molar refractivity (Wildman–Crippen MR) is 102 cm³/mol. The quantitative estimate of drug-likeness (QED) is 0.462. The van der Waals surface area contributed by atoms with E-state index >= 15 is 0 Å². The molecule has 2 aromatic carbocycles. The Hall–Kier alpha value is -3.01. The Bertz CT molecular complexity index is 952. The zero-order chi connectivity index (χ0) is 18.0. The van der Waals surface area contributed by atoms with Gasteiger partial charge >= 0.3 is 0 Å². The Kier molecular flexibility index (Phi) is 4.36. The topological polar surface area (TPSA) is 56.0 Å². The Balaban J connectivity index is 1.88. The predicted octanol–water partition coefficient (Wildman–Crippen LogP) is 5.61. The summed E-state index contributed by atoms with van der Waals surface area (Å²) < 4.78 is 0. The number of pyridine rings is 1. The van der Waals surface area contributed by atoms with Crippen molar-refractivity contribution < 1.29 is 4.92 Å². The summed E-state index contributed by atoms with van der Waals surface area (Å²) in [5.41, 5.74) is 4.00. The molecule has 3 rings (SSSR count). The maximum atomic E-state index is 11.1. The van der Waals surface area contributed by atoms with Gasteiger partial charge in [-0.3, -0.25) is 10.1 Å². The third-order valence-electron chi connectivity index (χ3n) is 4.15. The number of hydrogen-bond donors (Lipinski definition) is 0. The Labute approximate surface area is 147 Å². The molecule has 3 aromatic rings. The highest BCUT2D eigenvalue weighted by atomic mass is 16.6. The molecule has 4 heteroatoms. The maximum absolute atomic E-state index is 11.1. The highest BCUT2D eigenvalue weighted by Crippen LogP contribution is 2.25. The van der Waals surface area contributed by atoms with Gasteiger partial charge in [0.05, 0.1) is 21.5 Å². The average Bonchev–Trinajstić information content (AvgIpc) is 2.58. The molecule has 0 unspecified atom stereocenters. The number of rotatable bonds is 3. The number of aromatic nitrogens is 1. The van der Waals surface area contributed by atoms with Crippen molar-refractivity contribution in [3.8, 4) is 0 Å². The number of hydrogen-bond acceptors (Lipinski definition) is 3. The normalized spacial score (nSPS) is 12.0. The fourth-order valence-electron chi connectivity index (χ4n) is 2.68. The van der Waals surface area contributed by atoms with Crippen molar-refractivity contribution in [3.63, 3.8) is 0 Å². The lowest BCUT2D eigenvalue weighted by Gasteiger charge is -2.18. The van der Waals surface area contributed by atoms with Gasteiger partial charge in [-0.15, -0.1) is 0 Å². The van der Waals surface area contributed by atoms with Crippen LogP contribution in [0.25, 0.3) is 23.1 Å². The molecule has 0 aliphatic heterocycles. The van der Waals surface area contributed by atoms with Crippen LogP contribution in [0.2, 0.25) is 0 Å². The molecular weight excluding hydrogens is 312 g/mol. The smallest absolute Gasteiger partial charge is 0.258 e. The van der Waals surface area contributed by atoms with Gasteiger partial charge in [0.1, 0.15) is 0 Å². The first-order chi connectivity index (χ1) is 11.8. The van der Waals surface area contributed by atoms with Gasteiger partial charge in [0.2, 0.25) is 0 Å². The summed E-state index contributed by atoms with van der Waals surface area (Å²) in [5, 5.41) is 11.6. The lowest BCUT2D eigenvalue weighted by Crippen LogP contribution is -2.10. The molecule has 25 heavy (non-hydrogen) atoms. The highest BCUT2D eigenvalue weighted by molar-refractivity contribution is 5.88. The number of nitrogens with zero attached hydrogens (tertiary/aromatic N) is 2. The minimum absolute atomic E-state index is 0.0818. The molecule has 0 radical (unpaired) electrons. The van der Waals surface area contributed by atoms with Gasteiger partial charge in [-0.25, -0.2) is 4.98 Å². The van der Waals surface area contributed by atoms with Crippen LogP contribution in [0.1, 0.15) is 37.6 Å². The van der Waals surface area contributed by atoms with Crippen LogP contribution in [0.5, 0.6) is 0 Å². The van der Waals surface area contributed by atoms with E-state index < -0.39 is 0 Å². The van der Waals surface area contributed by atoms with Gasteiger partial charge in [-0.05, 0) is 40.8 Å². The van der Waals surface area contributed by atoms with Crippen LogP contribution in [0.15, 0.2) is 54.6 Å². The van der Waals surface area contributed by atoms with E-state index in [0.717, 1.165) is 11.3 Å². The van der Waals surface area contributed by atoms with Crippen molar-refractivity contribution in [1.29, 1.82) is 0 Å². The van der Waals surface area contributed by atoms with Crippen LogP contribution in [0.3, 0.4) is 0 Å². The summed E-state index contributed by atoms with van der Waals surface area (Å²) in [7, 11) is 0. The lowest BCUT2D eigenvalue weighted by atomic mass is 9.87. The fourth-order valence-corrected chi connectivity index (χ4v) is 2.68. The first-order valence-electron chi connectivity index (χ1n) is 8.17. The van der Waals surface area contributed by atoms with Gasteiger partial charge in [0, 0.05) is 6.07 Å². The summed E-state index contributed by atoms with van der Waals surface area (Å²) in [4.78, 5) is 15.2. The zero-order valence-electron chi connectivity index (χ0n) is 14.6. The molecule has 0 atom stereocenters. The number of non-ortho nitro benzene ring substituents is 1. The Morgan fingerprint density at radius 1 is 0.960 bits per heavy atom. The minimum Gasteiger partial charge on any atom is -0.258 e. The summed E-state index contributed by atoms with van der Waals surface area (Å²) in [5.74, 6) is 0. The largest absolute Gasteiger partial charge is 0.278 e. The van der Waals surface area contributed by atoms with Crippen LogP contribution < -0.4 is 0 Å². The molecule has 0 aliphatic carbocycles. The van der Waals surface area contributed by atoms with E-state index in [-0.39, 0.29) is 16.0 Å². The van der Waals surface area contributed by atoms with Gasteiger partial charge in [0.25, 0.3) is 5.69 Å². The van der Waals surface area contributed by atoms with Crippen LogP contribution in [0.4, 0.5) is 5.69 Å². The summed E-state index contributed by atoms with van der Waals surface area (Å²) in [6.07, 6.45) is 3.92. The van der Waals surface area contributed by atoms with Gasteiger partial charge in [-0.1, -0.05) is 57.2 Å². The number of fused-ring (bicyclic) bond motifs is 1. The van der Waals surface area contributed by atoms with Crippen LogP contribution in [-0.2, 0) is 5.41 Å². The van der Waals surface area contributed by atoms with Gasteiger partial charge < -0.3 is 0 Å². The van der Waals surface area contributed by atoms with Crippen LogP contribution in [-0.4, -0.2) is 9.91 Å². The van der Waals surface area contributed by atoms with Crippen molar-refractivity contribution in [2.75, 3.05) is 0 Å². The number of benzene rings is 2. The molecule has 0 N–H and O–H groups in total. The average molecular weight is 332 g/mol. The second-order valence-electron chi connectivity index (χ2n) is 7.04. The van der Waals surface area contributed by atoms with E-state index in [1.165, 1.54) is 11.6 Å². The van der Waals surface area contributed by atoms with Crippen molar-refractivity contribution in [2.45, 2.75) is 26.2 Å². The lowest BCUT2D eigenvalue weighted by molar-refractivity contribution is -0.383. The van der Waals surface area contributed by atoms with Crippen molar-refractivity contribution >= 4 is 28.7 Å². The molecule has 1 heterocycles. The van der Waals surface area contributed by atoms with E-state index in [2.05, 4.69) is 50.0 Å². The number of nitro benzene ring substituents is 1. The third-order valence-corrected chi connectivity index (χ3v) is 4.15. The van der Waals surface area contributed by atoms with Crippen molar-refractivity contribution in [2.24, 2.45) is 0 Å². The molecule has 0 aliphatic rings. The number of nitro groups is 1. The second kappa shape index (κ2) is 6.48. The SMILES string of the molecule is CC(C)(C)c1ccc(C=Cc2ccc3c([N+](=O)[O-])cccc3n2)cc1. The molecular formula is C21H20N2O2.